The van der Waals surface area contributed by atoms with E-state index in [0.29, 0.717) is 22.8 Å². The number of nitrogens with one attached hydrogen (secondary N) is 1. The Morgan fingerprint density at radius 3 is 2.59 bits per heavy atom. The number of phenols is 1. The summed E-state index contributed by atoms with van der Waals surface area (Å²) in [6, 6.07) is 5.48. The molecule has 1 saturated heterocycles. The van der Waals surface area contributed by atoms with E-state index in [9.17, 15) is 23.1 Å². The molecule has 0 aliphatic carbocycles. The van der Waals surface area contributed by atoms with Crippen LogP contribution in [0.4, 0.5) is 10.1 Å². The van der Waals surface area contributed by atoms with Gasteiger partial charge in [0.2, 0.25) is 0 Å². The van der Waals surface area contributed by atoms with Crippen molar-refractivity contribution in [1.29, 1.82) is 0 Å². The zero-order chi connectivity index (χ0) is 21.3. The number of fused-ring (bicyclic) bond motifs is 1. The average Bonchev–Trinajstić information content (AvgIpc) is 2.93. The van der Waals surface area contributed by atoms with Gasteiger partial charge in [0.1, 0.15) is 23.7 Å². The SMILES string of the molecule is CCN(CC)C(=O)COc1ccc2cc(O)c(N3CC(=O)NS3(=O)=O)c(F)c2c1. The molecular weight excluding hydrogens is 405 g/mol. The van der Waals surface area contributed by atoms with Crippen LogP contribution in [0, 0.1) is 5.82 Å². The van der Waals surface area contributed by atoms with Gasteiger partial charge in [-0.1, -0.05) is 6.07 Å². The second kappa shape index (κ2) is 7.74. The lowest BCUT2D eigenvalue weighted by Crippen LogP contribution is -2.34. The summed E-state index contributed by atoms with van der Waals surface area (Å²) in [7, 11) is -4.30. The van der Waals surface area contributed by atoms with Crippen LogP contribution in [0.3, 0.4) is 0 Å². The molecule has 1 aliphatic heterocycles. The molecular formula is C18H20FN3O6S. The zero-order valence-corrected chi connectivity index (χ0v) is 16.6. The molecule has 2 amide bonds. The Labute approximate surface area is 166 Å². The van der Waals surface area contributed by atoms with Gasteiger partial charge in [0.15, 0.2) is 12.4 Å². The van der Waals surface area contributed by atoms with Crippen LogP contribution in [0.1, 0.15) is 13.8 Å². The molecule has 1 aliphatic rings. The molecule has 1 heterocycles. The van der Waals surface area contributed by atoms with E-state index < -0.39 is 39.9 Å². The van der Waals surface area contributed by atoms with Crippen LogP contribution in [0.2, 0.25) is 0 Å². The smallest absolute Gasteiger partial charge is 0.326 e. The van der Waals surface area contributed by atoms with Gasteiger partial charge in [-0.2, -0.15) is 8.42 Å². The molecule has 0 aromatic heterocycles. The standard InChI is InChI=1S/C18H20FN3O6S/c1-3-21(4-2)16(25)10-28-12-6-5-11-7-14(23)18(17(19)13(11)8-12)22-9-15(24)20-29(22,26)27/h5-8,23H,3-4,9-10H2,1-2H3,(H,20,24). The first-order chi connectivity index (χ1) is 13.7. The molecule has 1 fully saturated rings. The van der Waals surface area contributed by atoms with Crippen LogP contribution in [-0.2, 0) is 19.8 Å². The third kappa shape index (κ3) is 3.90. The second-order valence-electron chi connectivity index (χ2n) is 6.33. The van der Waals surface area contributed by atoms with Crippen molar-refractivity contribution < 1.29 is 32.2 Å². The number of carbonyl (C=O) groups is 2. The molecule has 3 rings (SSSR count). The Balaban J connectivity index is 1.96. The number of halogens is 1. The summed E-state index contributed by atoms with van der Waals surface area (Å²) < 4.78 is 46.8. The van der Waals surface area contributed by atoms with E-state index >= 15 is 4.39 Å². The number of anilines is 1. The van der Waals surface area contributed by atoms with Gasteiger partial charge in [0.05, 0.1) is 0 Å². The molecule has 2 aromatic carbocycles. The maximum atomic E-state index is 15.1. The van der Waals surface area contributed by atoms with Gasteiger partial charge in [0.25, 0.3) is 11.8 Å². The highest BCUT2D eigenvalue weighted by molar-refractivity contribution is 7.92. The van der Waals surface area contributed by atoms with Gasteiger partial charge < -0.3 is 14.7 Å². The Morgan fingerprint density at radius 1 is 1.31 bits per heavy atom. The van der Waals surface area contributed by atoms with Crippen LogP contribution >= 0.6 is 0 Å². The van der Waals surface area contributed by atoms with Crippen molar-refractivity contribution in [3.05, 3.63) is 30.1 Å². The lowest BCUT2D eigenvalue weighted by Gasteiger charge is -2.19. The van der Waals surface area contributed by atoms with Crippen LogP contribution in [-0.4, -0.2) is 56.5 Å². The molecule has 9 nitrogen and oxygen atoms in total. The fourth-order valence-electron chi connectivity index (χ4n) is 3.09. The molecule has 0 saturated carbocycles. The van der Waals surface area contributed by atoms with Gasteiger partial charge in [-0.05, 0) is 37.4 Å². The summed E-state index contributed by atoms with van der Waals surface area (Å²) in [5, 5.41) is 10.4. The molecule has 0 atom stereocenters. The average molecular weight is 425 g/mol. The van der Waals surface area contributed by atoms with E-state index in [2.05, 4.69) is 0 Å². The summed E-state index contributed by atoms with van der Waals surface area (Å²) in [5.74, 6) is -2.52. The van der Waals surface area contributed by atoms with Gasteiger partial charge in [0, 0.05) is 18.5 Å². The van der Waals surface area contributed by atoms with E-state index in [1.54, 1.807) is 9.62 Å². The highest BCUT2D eigenvalue weighted by atomic mass is 32.2. The van der Waals surface area contributed by atoms with Crippen molar-refractivity contribution in [2.45, 2.75) is 13.8 Å². The van der Waals surface area contributed by atoms with E-state index in [1.807, 2.05) is 13.8 Å². The Kier molecular flexibility index (Phi) is 5.51. The minimum atomic E-state index is -4.30. The van der Waals surface area contributed by atoms with E-state index in [-0.39, 0.29) is 23.6 Å². The molecule has 0 bridgehead atoms. The number of amides is 2. The van der Waals surface area contributed by atoms with Gasteiger partial charge >= 0.3 is 10.2 Å². The van der Waals surface area contributed by atoms with Gasteiger partial charge in [-0.3, -0.25) is 9.59 Å². The van der Waals surface area contributed by atoms with E-state index in [0.717, 1.165) is 0 Å². The first-order valence-corrected chi connectivity index (χ1v) is 10.3. The third-order valence-electron chi connectivity index (χ3n) is 4.55. The third-order valence-corrected chi connectivity index (χ3v) is 5.93. The van der Waals surface area contributed by atoms with Crippen LogP contribution < -0.4 is 13.8 Å². The van der Waals surface area contributed by atoms with E-state index in [1.165, 1.54) is 24.3 Å². The quantitative estimate of drug-likeness (QED) is 0.716. The first kappa shape index (κ1) is 20.6. The summed E-state index contributed by atoms with van der Waals surface area (Å²) in [5.41, 5.74) is -0.632. The minimum absolute atomic E-state index is 0.0277. The second-order valence-corrected chi connectivity index (χ2v) is 7.93. The Hall–Kier alpha value is -3.08. The molecule has 0 radical (unpaired) electrons. The van der Waals surface area contributed by atoms with Crippen LogP contribution in [0.5, 0.6) is 11.5 Å². The number of nitrogens with zero attached hydrogens (tertiary/aromatic N) is 2. The van der Waals surface area contributed by atoms with E-state index in [4.69, 9.17) is 4.74 Å². The maximum Gasteiger partial charge on any atom is 0.326 e. The number of hydrogen-bond acceptors (Lipinski definition) is 6. The maximum absolute atomic E-state index is 15.1. The van der Waals surface area contributed by atoms with Crippen molar-refractivity contribution >= 4 is 38.5 Å². The van der Waals surface area contributed by atoms with Crippen molar-refractivity contribution in [2.24, 2.45) is 0 Å². The Bertz CT molecular complexity index is 1080. The number of benzene rings is 2. The van der Waals surface area contributed by atoms with Crippen molar-refractivity contribution in [1.82, 2.24) is 9.62 Å². The minimum Gasteiger partial charge on any atom is -0.506 e. The zero-order valence-electron chi connectivity index (χ0n) is 15.8. The molecule has 0 spiro atoms. The monoisotopic (exact) mass is 425 g/mol. The van der Waals surface area contributed by atoms with Crippen molar-refractivity contribution in [2.75, 3.05) is 30.5 Å². The Morgan fingerprint density at radius 2 is 2.00 bits per heavy atom. The molecule has 156 valence electrons. The molecule has 29 heavy (non-hydrogen) atoms. The topological polar surface area (TPSA) is 116 Å². The van der Waals surface area contributed by atoms with Crippen LogP contribution in [0.15, 0.2) is 24.3 Å². The number of hydrogen-bond donors (Lipinski definition) is 2. The molecule has 2 aromatic rings. The fourth-order valence-corrected chi connectivity index (χ4v) is 4.26. The predicted octanol–water partition coefficient (Wildman–Crippen LogP) is 1.11. The highest BCUT2D eigenvalue weighted by Crippen LogP contribution is 2.39. The first-order valence-electron chi connectivity index (χ1n) is 8.87. The summed E-state index contributed by atoms with van der Waals surface area (Å²) in [4.78, 5) is 25.1. The van der Waals surface area contributed by atoms with Crippen molar-refractivity contribution in [3.63, 3.8) is 0 Å². The molecule has 0 unspecified atom stereocenters. The van der Waals surface area contributed by atoms with Gasteiger partial charge in [-0.25, -0.2) is 13.4 Å². The number of rotatable bonds is 6. The van der Waals surface area contributed by atoms with Crippen LogP contribution in [0.25, 0.3) is 10.8 Å². The highest BCUT2D eigenvalue weighted by Gasteiger charge is 2.37. The van der Waals surface area contributed by atoms with Gasteiger partial charge in [-0.15, -0.1) is 0 Å². The normalized spacial score (nSPS) is 15.4. The summed E-state index contributed by atoms with van der Waals surface area (Å²) in [6.45, 7) is 3.86. The number of carbonyl (C=O) groups excluding carboxylic acids is 2. The fraction of sp³-hybridized carbons (Fsp3) is 0.333. The number of ether oxygens (including phenoxy) is 1. The number of phenolic OH excluding ortho intramolecular Hbond substituents is 1. The lowest BCUT2D eigenvalue weighted by atomic mass is 10.1. The lowest BCUT2D eigenvalue weighted by molar-refractivity contribution is -0.133. The summed E-state index contributed by atoms with van der Waals surface area (Å²) in [6.07, 6.45) is 0. The number of likely N-dealkylation sites (N-methyl/N-ethyl adjacent to an activating group) is 1. The van der Waals surface area contributed by atoms with Crippen molar-refractivity contribution in [3.8, 4) is 11.5 Å². The summed E-state index contributed by atoms with van der Waals surface area (Å²) >= 11 is 0. The molecule has 11 heteroatoms. The largest absolute Gasteiger partial charge is 0.506 e. The number of aromatic hydroxyl groups is 1. The molecule has 2 N–H and O–H groups in total. The predicted molar refractivity (Wildman–Crippen MR) is 103 cm³/mol.